The van der Waals surface area contributed by atoms with Crippen molar-refractivity contribution >= 4 is 35.8 Å². The Morgan fingerprint density at radius 1 is 1.25 bits per heavy atom. The fourth-order valence-corrected chi connectivity index (χ4v) is 1.45. The summed E-state index contributed by atoms with van der Waals surface area (Å²) < 4.78 is 0. The first-order chi connectivity index (χ1) is 9.27. The van der Waals surface area contributed by atoms with Crippen molar-refractivity contribution in [2.24, 2.45) is 4.99 Å². The number of rotatable bonds is 6. The maximum Gasteiger partial charge on any atom is 0.252 e. The smallest absolute Gasteiger partial charge is 0.252 e. The molecule has 0 bridgehead atoms. The molecule has 1 amide bonds. The summed E-state index contributed by atoms with van der Waals surface area (Å²) in [5, 5.41) is 9.04. The van der Waals surface area contributed by atoms with E-state index in [1.807, 2.05) is 13.8 Å². The van der Waals surface area contributed by atoms with Gasteiger partial charge in [0.2, 0.25) is 0 Å². The number of carbonyl (C=O) groups excluding carboxylic acids is 1. The molecule has 0 aromatic carbocycles. The molecule has 3 N–H and O–H groups in total. The molecule has 0 aliphatic rings. The first-order valence-electron chi connectivity index (χ1n) is 6.48. The van der Waals surface area contributed by atoms with E-state index in [0.717, 1.165) is 19.0 Å². The molecule has 7 heteroatoms. The molecule has 1 aromatic rings. The third kappa shape index (κ3) is 7.27. The first-order valence-corrected chi connectivity index (χ1v) is 6.48. The van der Waals surface area contributed by atoms with Gasteiger partial charge < -0.3 is 16.0 Å². The third-order valence-electron chi connectivity index (χ3n) is 2.28. The van der Waals surface area contributed by atoms with Crippen molar-refractivity contribution in [2.75, 3.05) is 26.2 Å². The molecule has 0 atom stereocenters. The number of halogens is 1. The van der Waals surface area contributed by atoms with Crippen molar-refractivity contribution in [2.45, 2.75) is 13.8 Å². The summed E-state index contributed by atoms with van der Waals surface area (Å²) in [6.07, 6.45) is 3.18. The van der Waals surface area contributed by atoms with Crippen molar-refractivity contribution < 1.29 is 4.79 Å². The number of hydrogen-bond acceptors (Lipinski definition) is 3. The summed E-state index contributed by atoms with van der Waals surface area (Å²) in [6, 6.07) is 3.47. The Balaban J connectivity index is 0.00000361. The minimum absolute atomic E-state index is 0. The second kappa shape index (κ2) is 11.4. The largest absolute Gasteiger partial charge is 0.357 e. The van der Waals surface area contributed by atoms with Crippen LogP contribution < -0.4 is 16.0 Å². The van der Waals surface area contributed by atoms with Gasteiger partial charge >= 0.3 is 0 Å². The summed E-state index contributed by atoms with van der Waals surface area (Å²) in [7, 11) is 0. The van der Waals surface area contributed by atoms with Crippen LogP contribution in [0.4, 0.5) is 0 Å². The van der Waals surface area contributed by atoms with Gasteiger partial charge in [0.15, 0.2) is 5.96 Å². The second-order valence-corrected chi connectivity index (χ2v) is 3.79. The van der Waals surface area contributed by atoms with Gasteiger partial charge in [0.1, 0.15) is 0 Å². The molecule has 6 nitrogen and oxygen atoms in total. The van der Waals surface area contributed by atoms with Crippen LogP contribution in [0.1, 0.15) is 24.2 Å². The molecule has 0 aliphatic heterocycles. The fourth-order valence-electron chi connectivity index (χ4n) is 1.45. The van der Waals surface area contributed by atoms with Gasteiger partial charge in [-0.2, -0.15) is 0 Å². The summed E-state index contributed by atoms with van der Waals surface area (Å²) in [5.74, 6) is 0.636. The summed E-state index contributed by atoms with van der Waals surface area (Å²) in [4.78, 5) is 19.9. The van der Waals surface area contributed by atoms with E-state index >= 15 is 0 Å². The van der Waals surface area contributed by atoms with E-state index in [1.165, 1.54) is 0 Å². The Morgan fingerprint density at radius 3 is 2.50 bits per heavy atom. The maximum absolute atomic E-state index is 11.7. The van der Waals surface area contributed by atoms with Crippen LogP contribution in [0.5, 0.6) is 0 Å². The van der Waals surface area contributed by atoms with Crippen molar-refractivity contribution in [1.82, 2.24) is 20.9 Å². The number of aromatic nitrogens is 1. The van der Waals surface area contributed by atoms with Crippen LogP contribution in [0.15, 0.2) is 29.5 Å². The Kier molecular flexibility index (Phi) is 10.7. The topological polar surface area (TPSA) is 78.4 Å². The number of guanidine groups is 1. The third-order valence-corrected chi connectivity index (χ3v) is 2.28. The monoisotopic (exact) mass is 391 g/mol. The molecule has 0 spiro atoms. The van der Waals surface area contributed by atoms with E-state index in [2.05, 4.69) is 25.9 Å². The number of carbonyl (C=O) groups is 1. The predicted octanol–water partition coefficient (Wildman–Crippen LogP) is 1.00. The number of amides is 1. The Morgan fingerprint density at radius 2 is 1.95 bits per heavy atom. The van der Waals surface area contributed by atoms with E-state index in [-0.39, 0.29) is 29.9 Å². The highest BCUT2D eigenvalue weighted by Crippen LogP contribution is 1.94. The van der Waals surface area contributed by atoms with E-state index in [0.29, 0.717) is 18.7 Å². The van der Waals surface area contributed by atoms with Gasteiger partial charge in [0, 0.05) is 32.0 Å². The first kappa shape index (κ1) is 18.6. The minimum atomic E-state index is -0.128. The molecule has 0 unspecified atom stereocenters. The van der Waals surface area contributed by atoms with Gasteiger partial charge in [-0.3, -0.25) is 14.8 Å². The highest BCUT2D eigenvalue weighted by atomic mass is 127. The SMILES string of the molecule is CCNC(=NCCNC(=O)c1cccnc1)NCC.I. The van der Waals surface area contributed by atoms with Gasteiger partial charge in [-0.05, 0) is 26.0 Å². The van der Waals surface area contributed by atoms with Gasteiger partial charge in [0.05, 0.1) is 12.1 Å². The molecule has 0 saturated heterocycles. The molecule has 0 saturated carbocycles. The Bertz CT molecular complexity index is 402. The molecule has 1 aromatic heterocycles. The molecule has 20 heavy (non-hydrogen) atoms. The van der Waals surface area contributed by atoms with Gasteiger partial charge in [0.25, 0.3) is 5.91 Å². The van der Waals surface area contributed by atoms with E-state index < -0.39 is 0 Å². The van der Waals surface area contributed by atoms with Crippen LogP contribution in [0.3, 0.4) is 0 Å². The van der Waals surface area contributed by atoms with Gasteiger partial charge in [-0.15, -0.1) is 24.0 Å². The zero-order chi connectivity index (χ0) is 13.9. The predicted molar refractivity (Wildman–Crippen MR) is 91.6 cm³/mol. The molecular formula is C13H22IN5O. The highest BCUT2D eigenvalue weighted by molar-refractivity contribution is 14.0. The molecule has 0 fully saturated rings. The summed E-state index contributed by atoms with van der Waals surface area (Å²) in [5.41, 5.74) is 0.560. The highest BCUT2D eigenvalue weighted by Gasteiger charge is 2.03. The zero-order valence-corrected chi connectivity index (χ0v) is 14.2. The van der Waals surface area contributed by atoms with Gasteiger partial charge in [-0.25, -0.2) is 0 Å². The van der Waals surface area contributed by atoms with Crippen molar-refractivity contribution in [3.05, 3.63) is 30.1 Å². The lowest BCUT2D eigenvalue weighted by atomic mass is 10.3. The standard InChI is InChI=1S/C13H21N5O.HI/c1-3-15-13(16-4-2)18-9-8-17-12(19)11-6-5-7-14-10-11;/h5-7,10H,3-4,8-9H2,1-2H3,(H,17,19)(H2,15,16,18);1H. The number of hydrogen-bond donors (Lipinski definition) is 3. The lowest BCUT2D eigenvalue weighted by molar-refractivity contribution is 0.0954. The minimum Gasteiger partial charge on any atom is -0.357 e. The second-order valence-electron chi connectivity index (χ2n) is 3.79. The molecule has 1 heterocycles. The quantitative estimate of drug-likeness (QED) is 0.293. The number of nitrogens with zero attached hydrogens (tertiary/aromatic N) is 2. The van der Waals surface area contributed by atoms with Crippen molar-refractivity contribution in [3.63, 3.8) is 0 Å². The normalized spacial score (nSPS) is 9.10. The number of nitrogens with one attached hydrogen (secondary N) is 3. The lowest BCUT2D eigenvalue weighted by Crippen LogP contribution is -2.37. The van der Waals surface area contributed by atoms with Crippen LogP contribution >= 0.6 is 24.0 Å². The van der Waals surface area contributed by atoms with Crippen LogP contribution in [0.2, 0.25) is 0 Å². The van der Waals surface area contributed by atoms with E-state index in [9.17, 15) is 4.79 Å². The molecule has 0 radical (unpaired) electrons. The van der Waals surface area contributed by atoms with Crippen molar-refractivity contribution in [3.8, 4) is 0 Å². The maximum atomic E-state index is 11.7. The van der Waals surface area contributed by atoms with E-state index in [1.54, 1.807) is 24.5 Å². The lowest BCUT2D eigenvalue weighted by Gasteiger charge is -2.09. The Hall–Kier alpha value is -1.38. The fraction of sp³-hybridized carbons (Fsp3) is 0.462. The molecular weight excluding hydrogens is 369 g/mol. The molecule has 1 rings (SSSR count). The van der Waals surface area contributed by atoms with Crippen molar-refractivity contribution in [1.29, 1.82) is 0 Å². The molecule has 112 valence electrons. The average molecular weight is 391 g/mol. The summed E-state index contributed by atoms with van der Waals surface area (Å²) >= 11 is 0. The number of aliphatic imine (C=N–C) groups is 1. The van der Waals surface area contributed by atoms with E-state index in [4.69, 9.17) is 0 Å². The summed E-state index contributed by atoms with van der Waals surface area (Å²) in [6.45, 7) is 6.67. The van der Waals surface area contributed by atoms with Gasteiger partial charge in [-0.1, -0.05) is 0 Å². The number of pyridine rings is 1. The van der Waals surface area contributed by atoms with Crippen LogP contribution in [-0.4, -0.2) is 43.0 Å². The molecule has 0 aliphatic carbocycles. The average Bonchev–Trinajstić information content (AvgIpc) is 2.44. The zero-order valence-electron chi connectivity index (χ0n) is 11.8. The van der Waals surface area contributed by atoms with Crippen LogP contribution in [0, 0.1) is 0 Å². The van der Waals surface area contributed by atoms with Crippen LogP contribution in [0.25, 0.3) is 0 Å². The van der Waals surface area contributed by atoms with Crippen LogP contribution in [-0.2, 0) is 0 Å². The Labute approximate surface area is 136 Å².